The molecule has 0 bridgehead atoms. The number of carbonyl (C=O) groups is 1. The summed E-state index contributed by atoms with van der Waals surface area (Å²) in [5, 5.41) is 10.4. The maximum Gasteiger partial charge on any atom is 0.150 e. The molecule has 0 aromatic heterocycles. The number of aliphatic hydroxyl groups is 1. The van der Waals surface area contributed by atoms with Crippen molar-refractivity contribution >= 4 is 6.29 Å². The fourth-order valence-corrected chi connectivity index (χ4v) is 2.00. The summed E-state index contributed by atoms with van der Waals surface area (Å²) in [6, 6.07) is 7.19. The van der Waals surface area contributed by atoms with Gasteiger partial charge in [-0.05, 0) is 5.56 Å². The van der Waals surface area contributed by atoms with Crippen LogP contribution >= 0.6 is 0 Å². The van der Waals surface area contributed by atoms with Crippen molar-refractivity contribution in [2.75, 3.05) is 13.2 Å². The molecule has 1 aromatic carbocycles. The second-order valence-electron chi connectivity index (χ2n) is 3.85. The first-order chi connectivity index (χ1) is 7.26. The average Bonchev–Trinajstić information content (AvgIpc) is 2.30. The van der Waals surface area contributed by atoms with Crippen molar-refractivity contribution in [3.05, 3.63) is 35.4 Å². The van der Waals surface area contributed by atoms with Crippen LogP contribution in [0, 0.1) is 0 Å². The van der Waals surface area contributed by atoms with Crippen molar-refractivity contribution < 1.29 is 14.6 Å². The van der Waals surface area contributed by atoms with E-state index >= 15 is 0 Å². The van der Waals surface area contributed by atoms with Crippen LogP contribution in [-0.2, 0) is 10.3 Å². The van der Waals surface area contributed by atoms with E-state index < -0.39 is 5.60 Å². The van der Waals surface area contributed by atoms with Gasteiger partial charge in [0.15, 0.2) is 0 Å². The minimum atomic E-state index is -0.893. The zero-order chi connectivity index (χ0) is 10.7. The molecule has 1 N–H and O–H groups in total. The molecule has 3 heteroatoms. The molecule has 0 amide bonds. The van der Waals surface area contributed by atoms with Crippen molar-refractivity contribution in [2.45, 2.75) is 18.4 Å². The van der Waals surface area contributed by atoms with Gasteiger partial charge in [-0.2, -0.15) is 0 Å². The number of hydrogen-bond donors (Lipinski definition) is 1. The zero-order valence-corrected chi connectivity index (χ0v) is 8.48. The van der Waals surface area contributed by atoms with Crippen LogP contribution in [0.2, 0.25) is 0 Å². The maximum absolute atomic E-state index is 10.9. The molecule has 0 aliphatic carbocycles. The minimum Gasteiger partial charge on any atom is -0.385 e. The first-order valence-electron chi connectivity index (χ1n) is 5.11. The Kier molecular flexibility index (Phi) is 2.84. The Labute approximate surface area is 88.7 Å². The zero-order valence-electron chi connectivity index (χ0n) is 8.48. The lowest BCUT2D eigenvalue weighted by Crippen LogP contribution is -2.34. The highest BCUT2D eigenvalue weighted by molar-refractivity contribution is 5.77. The predicted molar refractivity (Wildman–Crippen MR) is 55.8 cm³/mol. The van der Waals surface area contributed by atoms with E-state index in [9.17, 15) is 9.90 Å². The molecule has 1 aromatic rings. The van der Waals surface area contributed by atoms with Gasteiger partial charge < -0.3 is 9.84 Å². The molecule has 0 spiro atoms. The van der Waals surface area contributed by atoms with E-state index in [2.05, 4.69) is 0 Å². The number of aldehydes is 1. The molecule has 0 radical (unpaired) electrons. The van der Waals surface area contributed by atoms with E-state index in [1.54, 1.807) is 12.1 Å². The molecule has 1 aliphatic rings. The van der Waals surface area contributed by atoms with Crippen LogP contribution in [-0.4, -0.2) is 24.6 Å². The van der Waals surface area contributed by atoms with Gasteiger partial charge in [-0.15, -0.1) is 0 Å². The van der Waals surface area contributed by atoms with Crippen molar-refractivity contribution in [3.8, 4) is 0 Å². The Morgan fingerprint density at radius 1 is 1.27 bits per heavy atom. The van der Waals surface area contributed by atoms with Gasteiger partial charge in [-0.3, -0.25) is 4.79 Å². The smallest absolute Gasteiger partial charge is 0.150 e. The highest BCUT2D eigenvalue weighted by Gasteiger charge is 2.33. The summed E-state index contributed by atoms with van der Waals surface area (Å²) in [4.78, 5) is 10.9. The number of hydrogen-bond acceptors (Lipinski definition) is 3. The van der Waals surface area contributed by atoms with E-state index in [0.29, 0.717) is 31.6 Å². The van der Waals surface area contributed by atoms with E-state index in [1.165, 1.54) is 0 Å². The van der Waals surface area contributed by atoms with Crippen molar-refractivity contribution in [2.24, 2.45) is 0 Å². The average molecular weight is 206 g/mol. The number of carbonyl (C=O) groups excluding carboxylic acids is 1. The van der Waals surface area contributed by atoms with Gasteiger partial charge in [0.25, 0.3) is 0 Å². The number of rotatable bonds is 2. The highest BCUT2D eigenvalue weighted by atomic mass is 16.5. The van der Waals surface area contributed by atoms with Crippen LogP contribution in [0.5, 0.6) is 0 Å². The fourth-order valence-electron chi connectivity index (χ4n) is 2.00. The van der Waals surface area contributed by atoms with Gasteiger partial charge in [-0.25, -0.2) is 0 Å². The molecular weight excluding hydrogens is 192 g/mol. The number of ether oxygens (including phenoxy) is 1. The molecule has 80 valence electrons. The molecule has 15 heavy (non-hydrogen) atoms. The Hall–Kier alpha value is -1.19. The van der Waals surface area contributed by atoms with Gasteiger partial charge in [0.05, 0.1) is 5.60 Å². The summed E-state index contributed by atoms with van der Waals surface area (Å²) in [5.41, 5.74) is 0.403. The molecule has 0 atom stereocenters. The lowest BCUT2D eigenvalue weighted by molar-refractivity contribution is -0.0681. The van der Waals surface area contributed by atoms with Crippen molar-refractivity contribution in [3.63, 3.8) is 0 Å². The number of benzene rings is 1. The van der Waals surface area contributed by atoms with Gasteiger partial charge in [-0.1, -0.05) is 24.3 Å². The maximum atomic E-state index is 10.9. The molecule has 1 saturated heterocycles. The summed E-state index contributed by atoms with van der Waals surface area (Å²) in [6.45, 7) is 1.09. The summed E-state index contributed by atoms with van der Waals surface area (Å²) in [7, 11) is 0. The van der Waals surface area contributed by atoms with Crippen LogP contribution in [0.4, 0.5) is 0 Å². The molecule has 1 aliphatic heterocycles. The molecular formula is C12H14O3. The van der Waals surface area contributed by atoms with E-state index in [1.807, 2.05) is 12.1 Å². The standard InChI is InChI=1S/C12H14O3/c13-9-10-3-1-2-4-11(10)12(14)5-7-15-8-6-12/h1-4,9,14H,5-8H2. The molecule has 3 nitrogen and oxygen atoms in total. The Bertz CT molecular complexity index is 354. The Balaban J connectivity index is 2.38. The van der Waals surface area contributed by atoms with Crippen LogP contribution < -0.4 is 0 Å². The van der Waals surface area contributed by atoms with Gasteiger partial charge >= 0.3 is 0 Å². The minimum absolute atomic E-state index is 0.545. The Morgan fingerprint density at radius 3 is 2.60 bits per heavy atom. The monoisotopic (exact) mass is 206 g/mol. The van der Waals surface area contributed by atoms with Gasteiger partial charge in [0.1, 0.15) is 6.29 Å². The van der Waals surface area contributed by atoms with E-state index in [4.69, 9.17) is 4.74 Å². The van der Waals surface area contributed by atoms with E-state index in [0.717, 1.165) is 11.8 Å². The van der Waals surface area contributed by atoms with Crippen molar-refractivity contribution in [1.82, 2.24) is 0 Å². The van der Waals surface area contributed by atoms with Gasteiger partial charge in [0, 0.05) is 31.6 Å². The summed E-state index contributed by atoms with van der Waals surface area (Å²) < 4.78 is 5.21. The summed E-state index contributed by atoms with van der Waals surface area (Å²) in [5.74, 6) is 0. The highest BCUT2D eigenvalue weighted by Crippen LogP contribution is 2.33. The molecule has 0 saturated carbocycles. The lowest BCUT2D eigenvalue weighted by atomic mass is 9.84. The van der Waals surface area contributed by atoms with Gasteiger partial charge in [0.2, 0.25) is 0 Å². The second kappa shape index (κ2) is 4.13. The third-order valence-electron chi connectivity index (χ3n) is 2.91. The topological polar surface area (TPSA) is 46.5 Å². The third-order valence-corrected chi connectivity index (χ3v) is 2.91. The predicted octanol–water partition coefficient (Wildman–Crippen LogP) is 1.50. The van der Waals surface area contributed by atoms with E-state index in [-0.39, 0.29) is 0 Å². The fraction of sp³-hybridized carbons (Fsp3) is 0.417. The first kappa shape index (κ1) is 10.3. The SMILES string of the molecule is O=Cc1ccccc1C1(O)CCOCC1. The first-order valence-corrected chi connectivity index (χ1v) is 5.11. The summed E-state index contributed by atoms with van der Waals surface area (Å²) >= 11 is 0. The van der Waals surface area contributed by atoms with Crippen LogP contribution in [0.3, 0.4) is 0 Å². The summed E-state index contributed by atoms with van der Waals surface area (Å²) in [6.07, 6.45) is 1.90. The lowest BCUT2D eigenvalue weighted by Gasteiger charge is -2.33. The molecule has 1 fully saturated rings. The Morgan fingerprint density at radius 2 is 1.93 bits per heavy atom. The largest absolute Gasteiger partial charge is 0.385 e. The van der Waals surface area contributed by atoms with Crippen LogP contribution in [0.1, 0.15) is 28.8 Å². The van der Waals surface area contributed by atoms with Crippen molar-refractivity contribution in [1.29, 1.82) is 0 Å². The molecule has 2 rings (SSSR count). The normalized spacial score (nSPS) is 19.8. The quantitative estimate of drug-likeness (QED) is 0.746. The molecule has 1 heterocycles. The second-order valence-corrected chi connectivity index (χ2v) is 3.85. The van der Waals surface area contributed by atoms with Crippen LogP contribution in [0.25, 0.3) is 0 Å². The van der Waals surface area contributed by atoms with Crippen LogP contribution in [0.15, 0.2) is 24.3 Å². The molecule has 0 unspecified atom stereocenters. The third kappa shape index (κ3) is 1.94.